The SMILES string of the molecule is C=CC(=O)OCCCCCCOc1ccc(-c2cc(CCCCCCCCCCOc3ccc(N=Nc4ccc(N(C)C)cc4)cc3)c(-c3ccc(OCCCCCCOC(=O)C=C)cc3)c(C(=O)OC(=O)O)c2)cc1. The number of esters is 3. The van der Waals surface area contributed by atoms with Crippen LogP contribution in [-0.2, 0) is 30.2 Å². The van der Waals surface area contributed by atoms with Crippen LogP contribution in [0.3, 0.4) is 0 Å². The topological polar surface area (TPSA) is 172 Å². The van der Waals surface area contributed by atoms with Gasteiger partial charge in [-0.3, -0.25) is 0 Å². The van der Waals surface area contributed by atoms with Gasteiger partial charge < -0.3 is 38.4 Å². The minimum Gasteiger partial charge on any atom is -0.494 e. The first-order chi connectivity index (χ1) is 37.0. The summed E-state index contributed by atoms with van der Waals surface area (Å²) in [6.07, 6.45) is 16.5. The van der Waals surface area contributed by atoms with Gasteiger partial charge in [0.05, 0.1) is 50.0 Å². The molecule has 0 saturated heterocycles. The van der Waals surface area contributed by atoms with E-state index in [-0.39, 0.29) is 5.56 Å². The van der Waals surface area contributed by atoms with Gasteiger partial charge in [0.15, 0.2) is 0 Å². The van der Waals surface area contributed by atoms with Crippen molar-refractivity contribution in [1.29, 1.82) is 0 Å². The molecule has 404 valence electrons. The molecule has 0 unspecified atom stereocenters. The van der Waals surface area contributed by atoms with Crippen molar-refractivity contribution in [3.8, 4) is 39.5 Å². The summed E-state index contributed by atoms with van der Waals surface area (Å²) in [6, 6.07) is 34.5. The van der Waals surface area contributed by atoms with Gasteiger partial charge in [0.25, 0.3) is 0 Å². The molecule has 14 nitrogen and oxygen atoms in total. The maximum Gasteiger partial charge on any atom is 0.513 e. The fourth-order valence-electron chi connectivity index (χ4n) is 8.33. The fourth-order valence-corrected chi connectivity index (χ4v) is 8.33. The summed E-state index contributed by atoms with van der Waals surface area (Å²) in [6.45, 7) is 9.25. The Balaban J connectivity index is 1.15. The van der Waals surface area contributed by atoms with Gasteiger partial charge in [-0.25, -0.2) is 19.2 Å². The van der Waals surface area contributed by atoms with Crippen LogP contribution in [0.25, 0.3) is 22.3 Å². The Bertz CT molecular complexity index is 2590. The van der Waals surface area contributed by atoms with Crippen LogP contribution in [0.5, 0.6) is 17.2 Å². The normalized spacial score (nSPS) is 10.9. The molecule has 0 aliphatic rings. The molecule has 0 spiro atoms. The lowest BCUT2D eigenvalue weighted by molar-refractivity contribution is -0.138. The molecule has 5 aromatic rings. The highest BCUT2D eigenvalue weighted by molar-refractivity contribution is 6.03. The number of rotatable bonds is 36. The van der Waals surface area contributed by atoms with Gasteiger partial charge in [-0.1, -0.05) is 82.0 Å². The van der Waals surface area contributed by atoms with Crippen LogP contribution >= 0.6 is 0 Å². The number of anilines is 1. The molecule has 0 amide bonds. The predicted octanol–water partition coefficient (Wildman–Crippen LogP) is 15.4. The molecule has 14 heteroatoms. The summed E-state index contributed by atoms with van der Waals surface area (Å²) in [5.41, 5.74) is 6.70. The maximum atomic E-state index is 13.7. The highest BCUT2D eigenvalue weighted by Gasteiger charge is 2.22. The van der Waals surface area contributed by atoms with Crippen LogP contribution in [-0.4, -0.2) is 76.3 Å². The third-order valence-corrected chi connectivity index (χ3v) is 12.5. The lowest BCUT2D eigenvalue weighted by Crippen LogP contribution is -2.13. The van der Waals surface area contributed by atoms with Crippen molar-refractivity contribution in [1.82, 2.24) is 0 Å². The van der Waals surface area contributed by atoms with Crippen molar-refractivity contribution < 1.29 is 52.7 Å². The van der Waals surface area contributed by atoms with E-state index in [0.717, 1.165) is 160 Å². The Morgan fingerprint density at radius 1 is 0.487 bits per heavy atom. The highest BCUT2D eigenvalue weighted by atomic mass is 16.7. The van der Waals surface area contributed by atoms with Crippen LogP contribution < -0.4 is 19.1 Å². The zero-order chi connectivity index (χ0) is 54.2. The van der Waals surface area contributed by atoms with Gasteiger partial charge in [0.1, 0.15) is 17.2 Å². The van der Waals surface area contributed by atoms with Crippen LogP contribution in [0.4, 0.5) is 21.9 Å². The highest BCUT2D eigenvalue weighted by Crippen LogP contribution is 2.36. The Kier molecular flexibility index (Phi) is 26.4. The number of hydrogen-bond donors (Lipinski definition) is 1. The zero-order valence-corrected chi connectivity index (χ0v) is 44.4. The van der Waals surface area contributed by atoms with Crippen molar-refractivity contribution in [2.45, 2.75) is 109 Å². The van der Waals surface area contributed by atoms with Gasteiger partial charge in [0, 0.05) is 31.9 Å². The minimum atomic E-state index is -1.68. The number of aryl methyl sites for hydroxylation is 1. The summed E-state index contributed by atoms with van der Waals surface area (Å²) in [5.74, 6) is 0.410. The number of carboxylic acid groups (broad SMARTS) is 1. The number of ether oxygens (including phenoxy) is 6. The molecule has 0 atom stereocenters. The molecule has 0 aliphatic heterocycles. The van der Waals surface area contributed by atoms with Gasteiger partial charge in [-0.15, -0.1) is 0 Å². The summed E-state index contributed by atoms with van der Waals surface area (Å²) < 4.78 is 33.0. The van der Waals surface area contributed by atoms with Gasteiger partial charge >= 0.3 is 24.1 Å². The summed E-state index contributed by atoms with van der Waals surface area (Å²) in [5, 5.41) is 18.3. The third-order valence-electron chi connectivity index (χ3n) is 12.5. The number of benzene rings is 5. The standard InChI is InChI=1S/C62H75N3O11/c1-5-58(66)74-43-21-15-13-19-41-71-54-34-24-47(25-35-54)50-45-49(60(57(46-50)61(68)76-62(69)70)48-26-36-55(37-27-48)72-42-20-14-16-22-44-75-59(67)6-2)23-17-11-9-7-8-10-12-18-40-73-56-38-30-52(31-39-56)64-63-51-28-32-53(33-29-51)65(3)4/h5-6,24-39,45-46H,1-2,7-23,40-44H2,3-4H3,(H,69,70). The average Bonchev–Trinajstić information content (AvgIpc) is 3.43. The number of carbonyl (C=O) groups excluding carboxylic acids is 3. The summed E-state index contributed by atoms with van der Waals surface area (Å²) in [7, 11) is 4.01. The maximum absolute atomic E-state index is 13.7. The minimum absolute atomic E-state index is 0.159. The second kappa shape index (κ2) is 34.0. The first-order valence-electron chi connectivity index (χ1n) is 26.6. The van der Waals surface area contributed by atoms with E-state index in [1.54, 1.807) is 6.07 Å². The monoisotopic (exact) mass is 1040 g/mol. The lowest BCUT2D eigenvalue weighted by Gasteiger charge is -2.18. The molecule has 1 N–H and O–H groups in total. The van der Waals surface area contributed by atoms with Gasteiger partial charge in [0.2, 0.25) is 0 Å². The van der Waals surface area contributed by atoms with Crippen molar-refractivity contribution in [2.24, 2.45) is 10.2 Å². The molecule has 0 saturated carbocycles. The molecule has 0 aromatic heterocycles. The molecule has 0 radical (unpaired) electrons. The van der Waals surface area contributed by atoms with Crippen LogP contribution in [0.2, 0.25) is 0 Å². The molecule has 0 bridgehead atoms. The predicted molar refractivity (Wildman–Crippen MR) is 299 cm³/mol. The number of unbranched alkanes of at least 4 members (excludes halogenated alkanes) is 13. The van der Waals surface area contributed by atoms with E-state index in [0.29, 0.717) is 56.5 Å². The summed E-state index contributed by atoms with van der Waals surface area (Å²) >= 11 is 0. The van der Waals surface area contributed by atoms with Crippen LogP contribution in [0, 0.1) is 0 Å². The molecule has 0 fully saturated rings. The van der Waals surface area contributed by atoms with E-state index >= 15 is 0 Å². The van der Waals surface area contributed by atoms with E-state index < -0.39 is 24.1 Å². The van der Waals surface area contributed by atoms with E-state index in [2.05, 4.69) is 29.5 Å². The summed E-state index contributed by atoms with van der Waals surface area (Å²) in [4.78, 5) is 50.0. The number of hydrogen-bond acceptors (Lipinski definition) is 13. The first kappa shape index (κ1) is 59.1. The first-order valence-corrected chi connectivity index (χ1v) is 26.6. The van der Waals surface area contributed by atoms with E-state index in [4.69, 9.17) is 28.4 Å². The zero-order valence-electron chi connectivity index (χ0n) is 44.4. The third kappa shape index (κ3) is 22.0. The van der Waals surface area contributed by atoms with Crippen molar-refractivity contribution >= 4 is 41.1 Å². The molecule has 5 aromatic carbocycles. The van der Waals surface area contributed by atoms with Crippen LogP contribution in [0.1, 0.15) is 119 Å². The quantitative estimate of drug-likeness (QED) is 0.0101. The van der Waals surface area contributed by atoms with Crippen molar-refractivity contribution in [3.05, 3.63) is 146 Å². The van der Waals surface area contributed by atoms with E-state index in [9.17, 15) is 24.3 Å². The van der Waals surface area contributed by atoms with Gasteiger partial charge in [-0.05, 0) is 177 Å². The molecular formula is C62H75N3O11. The number of carbonyl (C=O) groups is 4. The van der Waals surface area contributed by atoms with Gasteiger partial charge in [-0.2, -0.15) is 10.2 Å². The lowest BCUT2D eigenvalue weighted by atomic mass is 9.87. The van der Waals surface area contributed by atoms with Crippen molar-refractivity contribution in [2.75, 3.05) is 52.0 Å². The molecular weight excluding hydrogens is 963 g/mol. The number of nitrogens with zero attached hydrogens (tertiary/aromatic N) is 3. The average molecular weight is 1040 g/mol. The molecule has 0 heterocycles. The van der Waals surface area contributed by atoms with E-state index in [1.807, 2.05) is 116 Å². The second-order valence-corrected chi connectivity index (χ2v) is 18.6. The molecule has 76 heavy (non-hydrogen) atoms. The second-order valence-electron chi connectivity index (χ2n) is 18.6. The molecule has 0 aliphatic carbocycles. The fraction of sp³-hybridized carbons (Fsp3) is 0.387. The van der Waals surface area contributed by atoms with E-state index in [1.165, 1.54) is 0 Å². The smallest absolute Gasteiger partial charge is 0.494 e. The van der Waals surface area contributed by atoms with Crippen molar-refractivity contribution in [3.63, 3.8) is 0 Å². The number of azo groups is 1. The Morgan fingerprint density at radius 3 is 1.32 bits per heavy atom. The molecule has 5 rings (SSSR count). The van der Waals surface area contributed by atoms with Crippen LogP contribution in [0.15, 0.2) is 145 Å². The Morgan fingerprint density at radius 2 is 0.882 bits per heavy atom. The largest absolute Gasteiger partial charge is 0.513 e. The Hall–Kier alpha value is -7.74. The Labute approximate surface area is 448 Å².